The molecule has 0 fully saturated rings. The molecule has 0 bridgehead atoms. The van der Waals surface area contributed by atoms with Crippen molar-refractivity contribution in [1.82, 2.24) is 4.72 Å². The summed E-state index contributed by atoms with van der Waals surface area (Å²) in [5.74, 6) is -0.774. The van der Waals surface area contributed by atoms with Gasteiger partial charge in [-0.05, 0) is 31.0 Å². The summed E-state index contributed by atoms with van der Waals surface area (Å²) >= 11 is 3.08. The molecule has 0 spiro atoms. The van der Waals surface area contributed by atoms with Crippen molar-refractivity contribution < 1.29 is 17.5 Å². The Labute approximate surface area is 121 Å². The van der Waals surface area contributed by atoms with Crippen LogP contribution in [0.15, 0.2) is 27.6 Å². The first kappa shape index (κ1) is 16.6. The number of benzene rings is 1. The molecule has 0 aliphatic heterocycles. The fourth-order valence-electron chi connectivity index (χ4n) is 1.40. The number of rotatable bonds is 8. The summed E-state index contributed by atoms with van der Waals surface area (Å²) in [6.07, 6.45) is 1.48. The van der Waals surface area contributed by atoms with Gasteiger partial charge in [0.1, 0.15) is 10.7 Å². The average Bonchev–Trinajstić information content (AvgIpc) is 2.33. The van der Waals surface area contributed by atoms with Crippen LogP contribution >= 0.6 is 15.9 Å². The van der Waals surface area contributed by atoms with Crippen molar-refractivity contribution in [3.8, 4) is 0 Å². The molecule has 0 amide bonds. The minimum atomic E-state index is -3.80. The minimum Gasteiger partial charge on any atom is -0.381 e. The predicted molar refractivity (Wildman–Crippen MR) is 75.0 cm³/mol. The van der Waals surface area contributed by atoms with Crippen LogP contribution in [0.4, 0.5) is 4.39 Å². The van der Waals surface area contributed by atoms with Crippen molar-refractivity contribution in [3.05, 3.63) is 28.5 Å². The summed E-state index contributed by atoms with van der Waals surface area (Å²) in [6.45, 7) is 3.37. The van der Waals surface area contributed by atoms with Gasteiger partial charge in [0.05, 0.1) is 0 Å². The summed E-state index contributed by atoms with van der Waals surface area (Å²) in [5, 5.41) is 0. The van der Waals surface area contributed by atoms with Crippen LogP contribution in [0.5, 0.6) is 0 Å². The Balaban J connectivity index is 2.52. The van der Waals surface area contributed by atoms with Gasteiger partial charge in [0.15, 0.2) is 0 Å². The average molecular weight is 354 g/mol. The van der Waals surface area contributed by atoms with E-state index < -0.39 is 15.8 Å². The molecular weight excluding hydrogens is 337 g/mol. The van der Waals surface area contributed by atoms with Crippen molar-refractivity contribution in [2.24, 2.45) is 0 Å². The van der Waals surface area contributed by atoms with E-state index >= 15 is 0 Å². The zero-order valence-electron chi connectivity index (χ0n) is 10.7. The van der Waals surface area contributed by atoms with E-state index in [0.717, 1.165) is 12.5 Å². The molecule has 7 heteroatoms. The largest absolute Gasteiger partial charge is 0.381 e. The molecule has 1 N–H and O–H groups in total. The van der Waals surface area contributed by atoms with Crippen LogP contribution in [-0.2, 0) is 14.8 Å². The Morgan fingerprint density at radius 2 is 2.11 bits per heavy atom. The third-order valence-electron chi connectivity index (χ3n) is 2.29. The van der Waals surface area contributed by atoms with Gasteiger partial charge in [0.2, 0.25) is 10.0 Å². The van der Waals surface area contributed by atoms with Crippen LogP contribution in [0.3, 0.4) is 0 Å². The molecule has 0 saturated carbocycles. The molecule has 1 aromatic carbocycles. The molecule has 0 radical (unpaired) electrons. The van der Waals surface area contributed by atoms with E-state index in [9.17, 15) is 12.8 Å². The molecule has 19 heavy (non-hydrogen) atoms. The molecule has 0 aliphatic carbocycles. The van der Waals surface area contributed by atoms with Crippen molar-refractivity contribution in [2.75, 3.05) is 19.8 Å². The fraction of sp³-hybridized carbons (Fsp3) is 0.500. The van der Waals surface area contributed by atoms with E-state index in [1.165, 1.54) is 12.1 Å². The Morgan fingerprint density at radius 1 is 1.37 bits per heavy atom. The standard InChI is InChI=1S/C12H17BrFNO3S/c1-2-7-18-8-3-6-15-19(16,17)12-5-4-10(13)9-11(12)14/h4-5,9,15H,2-3,6-8H2,1H3. The normalized spacial score (nSPS) is 11.7. The van der Waals surface area contributed by atoms with Gasteiger partial charge in [-0.1, -0.05) is 22.9 Å². The summed E-state index contributed by atoms with van der Waals surface area (Å²) < 4.78 is 45.3. The van der Waals surface area contributed by atoms with Gasteiger partial charge >= 0.3 is 0 Å². The molecule has 108 valence electrons. The molecule has 1 rings (SSSR count). The van der Waals surface area contributed by atoms with Crippen molar-refractivity contribution in [2.45, 2.75) is 24.7 Å². The SMILES string of the molecule is CCCOCCCNS(=O)(=O)c1ccc(Br)cc1F. The van der Waals surface area contributed by atoms with E-state index in [-0.39, 0.29) is 11.4 Å². The zero-order valence-corrected chi connectivity index (χ0v) is 13.1. The summed E-state index contributed by atoms with van der Waals surface area (Å²) in [4.78, 5) is -0.342. The van der Waals surface area contributed by atoms with Gasteiger partial charge in [0, 0.05) is 24.2 Å². The Bertz CT molecular complexity index is 508. The number of nitrogens with one attached hydrogen (secondary N) is 1. The molecule has 0 saturated heterocycles. The highest BCUT2D eigenvalue weighted by Crippen LogP contribution is 2.19. The number of ether oxygens (including phenoxy) is 1. The first-order chi connectivity index (χ1) is 8.97. The van der Waals surface area contributed by atoms with Gasteiger partial charge in [-0.25, -0.2) is 17.5 Å². The summed E-state index contributed by atoms with van der Waals surface area (Å²) in [7, 11) is -3.80. The Kier molecular flexibility index (Phi) is 6.92. The second-order valence-electron chi connectivity index (χ2n) is 3.94. The Hall–Kier alpha value is -0.500. The molecular formula is C12H17BrFNO3S. The van der Waals surface area contributed by atoms with Crippen molar-refractivity contribution in [1.29, 1.82) is 0 Å². The second kappa shape index (κ2) is 7.94. The maximum absolute atomic E-state index is 13.5. The third kappa shape index (κ3) is 5.56. The van der Waals surface area contributed by atoms with Crippen LogP contribution in [0, 0.1) is 5.82 Å². The van der Waals surface area contributed by atoms with Crippen molar-refractivity contribution >= 4 is 26.0 Å². The maximum Gasteiger partial charge on any atom is 0.243 e. The fourth-order valence-corrected chi connectivity index (χ4v) is 2.86. The van der Waals surface area contributed by atoms with Gasteiger partial charge in [0.25, 0.3) is 0 Å². The van der Waals surface area contributed by atoms with E-state index in [4.69, 9.17) is 4.74 Å². The van der Waals surface area contributed by atoms with Gasteiger partial charge in [-0.3, -0.25) is 0 Å². The Morgan fingerprint density at radius 3 is 2.74 bits per heavy atom. The van der Waals surface area contributed by atoms with Gasteiger partial charge in [-0.15, -0.1) is 0 Å². The maximum atomic E-state index is 13.5. The van der Waals surface area contributed by atoms with Crippen LogP contribution in [0.25, 0.3) is 0 Å². The first-order valence-corrected chi connectivity index (χ1v) is 8.27. The molecule has 0 unspecified atom stereocenters. The van der Waals surface area contributed by atoms with Crippen molar-refractivity contribution in [3.63, 3.8) is 0 Å². The molecule has 0 aromatic heterocycles. The number of hydrogen-bond donors (Lipinski definition) is 1. The minimum absolute atomic E-state index is 0.224. The number of sulfonamides is 1. The third-order valence-corrected chi connectivity index (χ3v) is 4.28. The van der Waals surface area contributed by atoms with E-state index in [1.807, 2.05) is 6.92 Å². The smallest absolute Gasteiger partial charge is 0.243 e. The predicted octanol–water partition coefficient (Wildman–Crippen LogP) is 2.68. The monoisotopic (exact) mass is 353 g/mol. The molecule has 0 atom stereocenters. The molecule has 0 aliphatic rings. The van der Waals surface area contributed by atoms with Gasteiger partial charge < -0.3 is 4.74 Å². The van der Waals surface area contributed by atoms with Crippen LogP contribution in [0.2, 0.25) is 0 Å². The quantitative estimate of drug-likeness (QED) is 0.731. The van der Waals surface area contributed by atoms with Crippen LogP contribution in [0.1, 0.15) is 19.8 Å². The van der Waals surface area contributed by atoms with E-state index in [0.29, 0.717) is 24.1 Å². The number of halogens is 2. The lowest BCUT2D eigenvalue weighted by Crippen LogP contribution is -2.26. The van der Waals surface area contributed by atoms with Gasteiger partial charge in [-0.2, -0.15) is 0 Å². The topological polar surface area (TPSA) is 55.4 Å². The molecule has 4 nitrogen and oxygen atoms in total. The highest BCUT2D eigenvalue weighted by atomic mass is 79.9. The summed E-state index contributed by atoms with van der Waals surface area (Å²) in [5.41, 5.74) is 0. The van der Waals surface area contributed by atoms with E-state index in [2.05, 4.69) is 20.7 Å². The summed E-state index contributed by atoms with van der Waals surface area (Å²) in [6, 6.07) is 3.84. The lowest BCUT2D eigenvalue weighted by molar-refractivity contribution is 0.133. The second-order valence-corrected chi connectivity index (χ2v) is 6.59. The first-order valence-electron chi connectivity index (χ1n) is 6.00. The molecule has 0 heterocycles. The highest BCUT2D eigenvalue weighted by molar-refractivity contribution is 9.10. The number of hydrogen-bond acceptors (Lipinski definition) is 3. The lowest BCUT2D eigenvalue weighted by Gasteiger charge is -2.08. The highest BCUT2D eigenvalue weighted by Gasteiger charge is 2.18. The van der Waals surface area contributed by atoms with Crippen LogP contribution < -0.4 is 4.72 Å². The zero-order chi connectivity index (χ0) is 14.3. The lowest BCUT2D eigenvalue weighted by atomic mass is 10.3. The van der Waals surface area contributed by atoms with E-state index in [1.54, 1.807) is 0 Å². The molecule has 1 aromatic rings. The van der Waals surface area contributed by atoms with Crippen LogP contribution in [-0.4, -0.2) is 28.2 Å².